The Kier molecular flexibility index (Phi) is 4.46. The van der Waals surface area contributed by atoms with E-state index in [0.29, 0.717) is 10.8 Å². The molecule has 0 heterocycles. The lowest BCUT2D eigenvalue weighted by Crippen LogP contribution is -2.50. The van der Waals surface area contributed by atoms with E-state index in [-0.39, 0.29) is 6.10 Å². The van der Waals surface area contributed by atoms with E-state index < -0.39 is 0 Å². The van der Waals surface area contributed by atoms with Crippen LogP contribution in [0, 0.1) is 34.5 Å². The molecule has 0 aromatic heterocycles. The number of allylic oxidation sites excluding steroid dienone is 3. The molecule has 1 heteroatoms. The first-order valence-corrected chi connectivity index (χ1v) is 10.9. The van der Waals surface area contributed by atoms with Crippen LogP contribution in [-0.2, 0) is 0 Å². The zero-order valence-corrected chi connectivity index (χ0v) is 16.9. The Labute approximate surface area is 155 Å². The van der Waals surface area contributed by atoms with E-state index in [1.54, 1.807) is 11.1 Å². The molecular formula is C24H38O. The quantitative estimate of drug-likeness (QED) is 0.585. The van der Waals surface area contributed by atoms with Crippen LogP contribution in [0.5, 0.6) is 0 Å². The van der Waals surface area contributed by atoms with Gasteiger partial charge in [0, 0.05) is 0 Å². The maximum absolute atomic E-state index is 10.1. The number of aliphatic hydroxyl groups excluding tert-OH is 1. The molecule has 0 amide bonds. The van der Waals surface area contributed by atoms with Gasteiger partial charge in [0.15, 0.2) is 0 Å². The van der Waals surface area contributed by atoms with Crippen molar-refractivity contribution in [2.75, 3.05) is 0 Å². The summed E-state index contributed by atoms with van der Waals surface area (Å²) in [4.78, 5) is 0. The normalized spacial score (nSPS) is 49.9. The van der Waals surface area contributed by atoms with Gasteiger partial charge in [0.05, 0.1) is 6.10 Å². The molecule has 4 rings (SSSR count). The Balaban J connectivity index is 1.63. The van der Waals surface area contributed by atoms with Gasteiger partial charge in [-0.1, -0.05) is 44.1 Å². The largest absolute Gasteiger partial charge is 0.393 e. The molecule has 140 valence electrons. The predicted octanol–water partition coefficient (Wildman–Crippen LogP) is 6.28. The van der Waals surface area contributed by atoms with E-state index in [2.05, 4.69) is 39.8 Å². The maximum atomic E-state index is 10.1. The summed E-state index contributed by atoms with van der Waals surface area (Å²) < 4.78 is 0. The number of fused-ring (bicyclic) bond motifs is 5. The Morgan fingerprint density at radius 1 is 1.16 bits per heavy atom. The first kappa shape index (κ1) is 17.8. The monoisotopic (exact) mass is 342 g/mol. The highest BCUT2D eigenvalue weighted by Crippen LogP contribution is 2.67. The first-order chi connectivity index (χ1) is 11.9. The van der Waals surface area contributed by atoms with Crippen LogP contribution in [0.3, 0.4) is 0 Å². The lowest BCUT2D eigenvalue weighted by molar-refractivity contribution is -0.0454. The van der Waals surface area contributed by atoms with Crippen LogP contribution in [0.1, 0.15) is 85.5 Å². The zero-order chi connectivity index (χ0) is 17.8. The molecule has 0 saturated heterocycles. The Bertz CT molecular complexity index is 587. The molecule has 4 aliphatic carbocycles. The molecule has 4 aliphatic rings. The van der Waals surface area contributed by atoms with Crippen molar-refractivity contribution in [2.24, 2.45) is 34.5 Å². The van der Waals surface area contributed by atoms with Crippen LogP contribution in [0.25, 0.3) is 0 Å². The molecule has 1 nitrogen and oxygen atoms in total. The molecule has 0 aromatic carbocycles. The average Bonchev–Trinajstić information content (AvgIpc) is 2.93. The second-order valence-electron chi connectivity index (χ2n) is 10.2. The smallest absolute Gasteiger partial charge is 0.0577 e. The summed E-state index contributed by atoms with van der Waals surface area (Å²) in [6.07, 6.45) is 16.3. The van der Waals surface area contributed by atoms with Crippen LogP contribution in [0.2, 0.25) is 0 Å². The molecule has 1 N–H and O–H groups in total. The van der Waals surface area contributed by atoms with Gasteiger partial charge in [0.25, 0.3) is 0 Å². The fraction of sp³-hybridized carbons (Fsp3) is 0.833. The van der Waals surface area contributed by atoms with E-state index in [4.69, 9.17) is 0 Å². The van der Waals surface area contributed by atoms with Gasteiger partial charge in [0.1, 0.15) is 0 Å². The predicted molar refractivity (Wildman–Crippen MR) is 105 cm³/mol. The molecule has 3 saturated carbocycles. The summed E-state index contributed by atoms with van der Waals surface area (Å²) in [6, 6.07) is 0. The average molecular weight is 343 g/mol. The van der Waals surface area contributed by atoms with Crippen molar-refractivity contribution in [2.45, 2.75) is 91.6 Å². The van der Waals surface area contributed by atoms with Gasteiger partial charge >= 0.3 is 0 Å². The zero-order valence-electron chi connectivity index (χ0n) is 16.9. The molecule has 0 aliphatic heterocycles. The number of rotatable bonds is 2. The minimum atomic E-state index is -0.0811. The number of hydrogen-bond acceptors (Lipinski definition) is 1. The number of hydrogen-bond donors (Lipinski definition) is 1. The van der Waals surface area contributed by atoms with Gasteiger partial charge in [-0.3, -0.25) is 0 Å². The van der Waals surface area contributed by atoms with Crippen LogP contribution in [0.4, 0.5) is 0 Å². The highest BCUT2D eigenvalue weighted by Gasteiger charge is 2.58. The van der Waals surface area contributed by atoms with Gasteiger partial charge in [-0.2, -0.15) is 0 Å². The van der Waals surface area contributed by atoms with Crippen molar-refractivity contribution in [3.05, 3.63) is 23.3 Å². The van der Waals surface area contributed by atoms with Gasteiger partial charge < -0.3 is 5.11 Å². The van der Waals surface area contributed by atoms with Crippen LogP contribution >= 0.6 is 0 Å². The molecule has 3 fully saturated rings. The van der Waals surface area contributed by atoms with Gasteiger partial charge in [-0.25, -0.2) is 0 Å². The van der Waals surface area contributed by atoms with Crippen molar-refractivity contribution >= 4 is 0 Å². The summed E-state index contributed by atoms with van der Waals surface area (Å²) >= 11 is 0. The van der Waals surface area contributed by atoms with Crippen LogP contribution < -0.4 is 0 Å². The molecule has 0 spiro atoms. The molecular weight excluding hydrogens is 304 g/mol. The lowest BCUT2D eigenvalue weighted by Gasteiger charge is -2.58. The second-order valence-corrected chi connectivity index (χ2v) is 10.2. The molecule has 0 bridgehead atoms. The Morgan fingerprint density at radius 3 is 2.72 bits per heavy atom. The summed E-state index contributed by atoms with van der Waals surface area (Å²) in [5.74, 6) is 3.50. The molecule has 5 unspecified atom stereocenters. The second kappa shape index (κ2) is 6.25. The molecule has 25 heavy (non-hydrogen) atoms. The number of aliphatic hydroxyl groups is 1. The standard InChI is InChI=1S/C24H38O/c1-5-6-16(2)20-9-10-21-19-8-7-17-15-18(25)11-13-23(17,3)22(19)12-14-24(20,21)4/h6-7,18-22,25H,5,8-15H2,1-4H3/t18-,19?,20+,21?,22?,23?,24?/m0/s1. The molecule has 0 radical (unpaired) electrons. The summed E-state index contributed by atoms with van der Waals surface area (Å²) in [6.45, 7) is 9.85. The van der Waals surface area contributed by atoms with E-state index in [9.17, 15) is 5.11 Å². The SMILES string of the molecule is CCC=C(C)[C@H]1CCC2C3CC=C4C[C@@H](O)CCC4(C)C3CCC21C. The van der Waals surface area contributed by atoms with Crippen molar-refractivity contribution < 1.29 is 5.11 Å². The van der Waals surface area contributed by atoms with Crippen molar-refractivity contribution in [3.63, 3.8) is 0 Å². The topological polar surface area (TPSA) is 20.2 Å². The van der Waals surface area contributed by atoms with Gasteiger partial charge in [0.2, 0.25) is 0 Å². The van der Waals surface area contributed by atoms with Gasteiger partial charge in [-0.15, -0.1) is 0 Å². The highest BCUT2D eigenvalue weighted by molar-refractivity contribution is 5.26. The van der Waals surface area contributed by atoms with Crippen molar-refractivity contribution in [3.8, 4) is 0 Å². The third-order valence-electron chi connectivity index (χ3n) is 9.15. The van der Waals surface area contributed by atoms with E-state index >= 15 is 0 Å². The van der Waals surface area contributed by atoms with Crippen LogP contribution in [-0.4, -0.2) is 11.2 Å². The van der Waals surface area contributed by atoms with E-state index in [0.717, 1.165) is 36.5 Å². The lowest BCUT2D eigenvalue weighted by atomic mass is 9.47. The van der Waals surface area contributed by atoms with E-state index in [1.165, 1.54) is 44.9 Å². The Morgan fingerprint density at radius 2 is 1.96 bits per heavy atom. The highest BCUT2D eigenvalue weighted by atomic mass is 16.3. The van der Waals surface area contributed by atoms with Crippen molar-refractivity contribution in [1.29, 1.82) is 0 Å². The summed E-state index contributed by atoms with van der Waals surface area (Å²) in [5.41, 5.74) is 4.19. The third kappa shape index (κ3) is 2.59. The Hall–Kier alpha value is -0.560. The fourth-order valence-electron chi connectivity index (χ4n) is 7.85. The van der Waals surface area contributed by atoms with Gasteiger partial charge in [-0.05, 0) is 99.2 Å². The van der Waals surface area contributed by atoms with Crippen molar-refractivity contribution in [1.82, 2.24) is 0 Å². The molecule has 0 aromatic rings. The fourth-order valence-corrected chi connectivity index (χ4v) is 7.85. The third-order valence-corrected chi connectivity index (χ3v) is 9.15. The summed E-state index contributed by atoms with van der Waals surface area (Å²) in [7, 11) is 0. The summed E-state index contributed by atoms with van der Waals surface area (Å²) in [5, 5.41) is 10.1. The molecule has 7 atom stereocenters. The minimum Gasteiger partial charge on any atom is -0.393 e. The first-order valence-electron chi connectivity index (χ1n) is 10.9. The maximum Gasteiger partial charge on any atom is 0.0577 e. The van der Waals surface area contributed by atoms with Crippen LogP contribution in [0.15, 0.2) is 23.3 Å². The van der Waals surface area contributed by atoms with E-state index in [1.807, 2.05) is 0 Å². The minimum absolute atomic E-state index is 0.0811.